The van der Waals surface area contributed by atoms with Crippen molar-refractivity contribution in [2.24, 2.45) is 11.8 Å². The number of hydrogen-bond donors (Lipinski definition) is 3. The molecule has 1 fully saturated rings. The summed E-state index contributed by atoms with van der Waals surface area (Å²) in [5, 5.41) is 17.0. The van der Waals surface area contributed by atoms with Crippen LogP contribution in [-0.2, 0) is 14.3 Å². The number of hydrogen-bond acceptors (Lipinski definition) is 5. The van der Waals surface area contributed by atoms with Gasteiger partial charge in [-0.05, 0) is 82.9 Å². The van der Waals surface area contributed by atoms with Crippen LogP contribution in [0.5, 0.6) is 5.75 Å². The van der Waals surface area contributed by atoms with Gasteiger partial charge in [0.25, 0.3) is 5.91 Å². The normalized spacial score (nSPS) is 18.1. The van der Waals surface area contributed by atoms with Crippen molar-refractivity contribution in [1.82, 2.24) is 10.2 Å². The van der Waals surface area contributed by atoms with Crippen LogP contribution in [0.15, 0.2) is 36.4 Å². The van der Waals surface area contributed by atoms with Crippen molar-refractivity contribution in [3.8, 4) is 5.75 Å². The maximum absolute atomic E-state index is 14.4. The third kappa shape index (κ3) is 7.55. The molecule has 3 amide bonds. The molecule has 40 heavy (non-hydrogen) atoms. The summed E-state index contributed by atoms with van der Waals surface area (Å²) >= 11 is 0. The van der Waals surface area contributed by atoms with Gasteiger partial charge in [0.1, 0.15) is 23.4 Å². The Labute approximate surface area is 238 Å². The average Bonchev–Trinajstić information content (AvgIpc) is 3.55. The van der Waals surface area contributed by atoms with Crippen LogP contribution in [0.1, 0.15) is 82.7 Å². The van der Waals surface area contributed by atoms with Gasteiger partial charge in [0.2, 0.25) is 5.91 Å². The van der Waals surface area contributed by atoms with Gasteiger partial charge >= 0.3 is 6.09 Å². The molecule has 1 aliphatic rings. The second-order valence-corrected chi connectivity index (χ2v) is 12.5. The molecule has 0 saturated heterocycles. The first kappa shape index (κ1) is 31.0. The Hall–Kier alpha value is -3.55. The predicted octanol–water partition coefficient (Wildman–Crippen LogP) is 6.17. The summed E-state index contributed by atoms with van der Waals surface area (Å²) in [7, 11) is 0. The molecule has 0 aromatic heterocycles. The maximum Gasteiger partial charge on any atom is 0.408 e. The molecule has 0 radical (unpaired) electrons. The van der Waals surface area contributed by atoms with Gasteiger partial charge in [-0.25, -0.2) is 4.79 Å². The molecular weight excluding hydrogens is 506 g/mol. The molecule has 3 rings (SSSR count). The van der Waals surface area contributed by atoms with Crippen LogP contribution in [0.25, 0.3) is 0 Å². The van der Waals surface area contributed by atoms with Gasteiger partial charge in [-0.15, -0.1) is 0 Å². The molecule has 218 valence electrons. The summed E-state index contributed by atoms with van der Waals surface area (Å²) in [5.74, 6) is -0.595. The van der Waals surface area contributed by atoms with Crippen molar-refractivity contribution in [1.29, 1.82) is 0 Å². The lowest BCUT2D eigenvalue weighted by Gasteiger charge is -2.36. The summed E-state index contributed by atoms with van der Waals surface area (Å²) in [6.45, 7) is 16.8. The first-order chi connectivity index (χ1) is 18.6. The number of rotatable bonds is 9. The van der Waals surface area contributed by atoms with Crippen LogP contribution in [0.3, 0.4) is 0 Å². The van der Waals surface area contributed by atoms with E-state index in [2.05, 4.69) is 10.6 Å². The number of aryl methyl sites for hydroxylation is 3. The largest absolute Gasteiger partial charge is 0.507 e. The van der Waals surface area contributed by atoms with Crippen molar-refractivity contribution in [2.75, 3.05) is 5.32 Å². The van der Waals surface area contributed by atoms with Crippen molar-refractivity contribution >= 4 is 23.6 Å². The highest BCUT2D eigenvalue weighted by molar-refractivity contribution is 6.00. The summed E-state index contributed by atoms with van der Waals surface area (Å²) in [4.78, 5) is 43.0. The van der Waals surface area contributed by atoms with E-state index in [-0.39, 0.29) is 29.5 Å². The fraction of sp³-hybridized carbons (Fsp3) is 0.531. The van der Waals surface area contributed by atoms with E-state index in [0.717, 1.165) is 11.1 Å². The topological polar surface area (TPSA) is 108 Å². The molecule has 8 heteroatoms. The summed E-state index contributed by atoms with van der Waals surface area (Å²) in [6, 6.07) is 8.71. The lowest BCUT2D eigenvalue weighted by atomic mass is 9.96. The molecule has 0 spiro atoms. The van der Waals surface area contributed by atoms with Gasteiger partial charge in [0.15, 0.2) is 0 Å². The number of carbonyl (C=O) groups is 3. The van der Waals surface area contributed by atoms with Crippen molar-refractivity contribution in [2.45, 2.75) is 98.9 Å². The predicted molar refractivity (Wildman–Crippen MR) is 157 cm³/mol. The van der Waals surface area contributed by atoms with Crippen LogP contribution < -0.4 is 10.6 Å². The fourth-order valence-corrected chi connectivity index (χ4v) is 5.02. The SMILES string of the molecule is Cc1cccc(C(C(=O)Nc2c(C)cccc2C)N(C(=O)C(CC(C)C)NC(=O)OC(C)(C)C)C2CC2C)c1O. The van der Waals surface area contributed by atoms with Gasteiger partial charge < -0.3 is 25.4 Å². The van der Waals surface area contributed by atoms with Gasteiger partial charge in [0.05, 0.1) is 0 Å². The first-order valence-corrected chi connectivity index (χ1v) is 14.1. The van der Waals surface area contributed by atoms with E-state index in [0.29, 0.717) is 29.7 Å². The molecule has 1 saturated carbocycles. The minimum Gasteiger partial charge on any atom is -0.507 e. The van der Waals surface area contributed by atoms with Crippen LogP contribution in [0.2, 0.25) is 0 Å². The monoisotopic (exact) mass is 551 g/mol. The molecule has 8 nitrogen and oxygen atoms in total. The Morgan fingerprint density at radius 1 is 1.02 bits per heavy atom. The van der Waals surface area contributed by atoms with E-state index in [1.807, 2.05) is 52.8 Å². The number of amides is 3. The van der Waals surface area contributed by atoms with Crippen LogP contribution >= 0.6 is 0 Å². The second-order valence-electron chi connectivity index (χ2n) is 12.5. The van der Waals surface area contributed by atoms with Crippen molar-refractivity contribution in [3.63, 3.8) is 0 Å². The Kier molecular flexibility index (Phi) is 9.54. The first-order valence-electron chi connectivity index (χ1n) is 14.1. The number of phenolic OH excluding ortho intramolecular Hbond substituents is 1. The van der Waals surface area contributed by atoms with Crippen molar-refractivity contribution in [3.05, 3.63) is 58.7 Å². The molecule has 4 unspecified atom stereocenters. The van der Waals surface area contributed by atoms with Gasteiger partial charge in [0, 0.05) is 17.3 Å². The smallest absolute Gasteiger partial charge is 0.408 e. The molecular formula is C32H45N3O5. The summed E-state index contributed by atoms with van der Waals surface area (Å²) in [5.41, 5.74) is 2.67. The average molecular weight is 552 g/mol. The number of alkyl carbamates (subject to hydrolysis) is 1. The number of aromatic hydroxyl groups is 1. The van der Waals surface area contributed by atoms with Crippen LogP contribution in [0.4, 0.5) is 10.5 Å². The van der Waals surface area contributed by atoms with E-state index < -0.39 is 29.7 Å². The zero-order valence-electron chi connectivity index (χ0n) is 25.3. The number of ether oxygens (including phenoxy) is 1. The minimum absolute atomic E-state index is 0.0317. The Balaban J connectivity index is 2.10. The number of nitrogens with one attached hydrogen (secondary N) is 2. The number of carbonyl (C=O) groups excluding carboxylic acids is 3. The minimum atomic E-state index is -1.11. The number of anilines is 1. The number of benzene rings is 2. The zero-order valence-corrected chi connectivity index (χ0v) is 25.3. The highest BCUT2D eigenvalue weighted by Crippen LogP contribution is 2.43. The van der Waals surface area contributed by atoms with E-state index in [9.17, 15) is 19.5 Å². The highest BCUT2D eigenvalue weighted by Gasteiger charge is 2.49. The molecule has 0 aliphatic heterocycles. The third-order valence-corrected chi connectivity index (χ3v) is 7.19. The molecule has 2 aromatic rings. The van der Waals surface area contributed by atoms with Gasteiger partial charge in [-0.3, -0.25) is 9.59 Å². The zero-order chi connectivity index (χ0) is 29.9. The molecule has 3 N–H and O–H groups in total. The molecule has 4 atom stereocenters. The summed E-state index contributed by atoms with van der Waals surface area (Å²) < 4.78 is 5.47. The second kappa shape index (κ2) is 12.3. The Morgan fingerprint density at radius 3 is 2.10 bits per heavy atom. The fourth-order valence-electron chi connectivity index (χ4n) is 5.02. The number of phenols is 1. The van der Waals surface area contributed by atoms with E-state index in [1.54, 1.807) is 50.8 Å². The third-order valence-electron chi connectivity index (χ3n) is 7.19. The highest BCUT2D eigenvalue weighted by atomic mass is 16.6. The van der Waals surface area contributed by atoms with Crippen LogP contribution in [-0.4, -0.2) is 45.6 Å². The lowest BCUT2D eigenvalue weighted by Crippen LogP contribution is -2.53. The van der Waals surface area contributed by atoms with E-state index in [4.69, 9.17) is 4.74 Å². The molecule has 0 heterocycles. The molecule has 0 bridgehead atoms. The standard InChI is InChI=1S/C32H45N3O5/c1-18(2)16-24(33-31(39)40-32(7,8)9)30(38)35(25-17-22(25)6)27(23-15-11-14-21(5)28(23)36)29(37)34-26-19(3)12-10-13-20(26)4/h10-15,18,22,24-25,27,36H,16-17H2,1-9H3,(H,33,39)(H,34,37). The maximum atomic E-state index is 14.4. The molecule has 1 aliphatic carbocycles. The summed E-state index contributed by atoms with van der Waals surface area (Å²) in [6.07, 6.45) is 0.387. The van der Waals surface area contributed by atoms with E-state index >= 15 is 0 Å². The van der Waals surface area contributed by atoms with Gasteiger partial charge in [-0.1, -0.05) is 57.2 Å². The molecule has 2 aromatic carbocycles. The van der Waals surface area contributed by atoms with E-state index in [1.165, 1.54) is 0 Å². The Bertz CT molecular complexity index is 1230. The number of nitrogens with zero attached hydrogens (tertiary/aromatic N) is 1. The Morgan fingerprint density at radius 2 is 1.57 bits per heavy atom. The lowest BCUT2D eigenvalue weighted by molar-refractivity contribution is -0.142. The van der Waals surface area contributed by atoms with Crippen LogP contribution in [0, 0.1) is 32.6 Å². The number of para-hydroxylation sites is 2. The quantitative estimate of drug-likeness (QED) is 0.345. The van der Waals surface area contributed by atoms with Crippen molar-refractivity contribution < 1.29 is 24.2 Å². The van der Waals surface area contributed by atoms with Gasteiger partial charge in [-0.2, -0.15) is 0 Å².